The van der Waals surface area contributed by atoms with Gasteiger partial charge in [-0.1, -0.05) is 0 Å². The molecular weight excluding hydrogens is 240 g/mol. The first kappa shape index (κ1) is 11.7. The summed E-state index contributed by atoms with van der Waals surface area (Å²) < 4.78 is 1.60. The second-order valence-electron chi connectivity index (χ2n) is 4.89. The van der Waals surface area contributed by atoms with Crippen LogP contribution in [0.1, 0.15) is 11.3 Å². The summed E-state index contributed by atoms with van der Waals surface area (Å²) in [6, 6.07) is 5.19. The van der Waals surface area contributed by atoms with Crippen LogP contribution in [-0.2, 0) is 7.05 Å². The average Bonchev–Trinajstić information content (AvgIpc) is 2.38. The van der Waals surface area contributed by atoms with Crippen LogP contribution in [0.2, 0.25) is 0 Å². The fourth-order valence-electron chi connectivity index (χ4n) is 2.62. The van der Waals surface area contributed by atoms with E-state index in [4.69, 9.17) is 0 Å². The molecule has 96 valence electrons. The standard InChI is InChI=1S/C15H14N2O2/c1-8-6-11-10-4-5-16-9(2)14(10)17(3)15(19)12(11)7-13(8)18/h4-7,16H,1-3H3. The zero-order valence-corrected chi connectivity index (χ0v) is 11.1. The highest BCUT2D eigenvalue weighted by Crippen LogP contribution is 2.23. The lowest BCUT2D eigenvalue weighted by atomic mass is 10.0. The SMILES string of the molecule is Cc1cc2c(cc1=O)c(=O)n(C)c1c(C)[nH]ccc21. The van der Waals surface area contributed by atoms with Gasteiger partial charge in [-0.15, -0.1) is 0 Å². The van der Waals surface area contributed by atoms with Gasteiger partial charge in [-0.25, -0.2) is 0 Å². The molecule has 0 spiro atoms. The molecule has 0 bridgehead atoms. The van der Waals surface area contributed by atoms with Crippen LogP contribution in [0.25, 0.3) is 21.7 Å². The Morgan fingerprint density at radius 2 is 1.79 bits per heavy atom. The molecule has 3 aromatic rings. The highest BCUT2D eigenvalue weighted by atomic mass is 16.1. The Morgan fingerprint density at radius 3 is 2.53 bits per heavy atom. The number of aromatic amines is 1. The van der Waals surface area contributed by atoms with Gasteiger partial charge >= 0.3 is 0 Å². The number of fused-ring (bicyclic) bond motifs is 3. The predicted molar refractivity (Wildman–Crippen MR) is 76.8 cm³/mol. The largest absolute Gasteiger partial charge is 0.364 e. The Labute approximate surface area is 109 Å². The number of hydrogen-bond acceptors (Lipinski definition) is 2. The minimum absolute atomic E-state index is 0.0943. The summed E-state index contributed by atoms with van der Waals surface area (Å²) in [6.07, 6.45) is 1.85. The van der Waals surface area contributed by atoms with Crippen LogP contribution < -0.4 is 11.0 Å². The van der Waals surface area contributed by atoms with Gasteiger partial charge in [0, 0.05) is 24.3 Å². The molecule has 2 aromatic heterocycles. The van der Waals surface area contributed by atoms with Gasteiger partial charge in [0.15, 0.2) is 5.43 Å². The summed E-state index contributed by atoms with van der Waals surface area (Å²) in [4.78, 5) is 27.2. The second-order valence-corrected chi connectivity index (χ2v) is 4.89. The monoisotopic (exact) mass is 254 g/mol. The van der Waals surface area contributed by atoms with Crippen LogP contribution >= 0.6 is 0 Å². The van der Waals surface area contributed by atoms with E-state index in [0.29, 0.717) is 10.9 Å². The van der Waals surface area contributed by atoms with Crippen LogP contribution in [0, 0.1) is 13.8 Å². The Bertz CT molecular complexity index is 933. The minimum atomic E-state index is -0.137. The fourth-order valence-corrected chi connectivity index (χ4v) is 2.62. The first-order valence-corrected chi connectivity index (χ1v) is 6.12. The molecule has 3 rings (SSSR count). The van der Waals surface area contributed by atoms with Gasteiger partial charge in [0.25, 0.3) is 5.56 Å². The van der Waals surface area contributed by atoms with Gasteiger partial charge in [-0.3, -0.25) is 9.59 Å². The average molecular weight is 254 g/mol. The molecule has 0 saturated carbocycles. The Kier molecular flexibility index (Phi) is 2.35. The summed E-state index contributed by atoms with van der Waals surface area (Å²) in [5, 5.41) is 2.31. The first-order chi connectivity index (χ1) is 9.00. The maximum Gasteiger partial charge on any atom is 0.258 e. The molecule has 1 aromatic carbocycles. The van der Waals surface area contributed by atoms with Crippen molar-refractivity contribution in [3.63, 3.8) is 0 Å². The van der Waals surface area contributed by atoms with Crippen LogP contribution in [-0.4, -0.2) is 9.55 Å². The lowest BCUT2D eigenvalue weighted by molar-refractivity contribution is 0.907. The zero-order valence-electron chi connectivity index (χ0n) is 11.1. The maximum absolute atomic E-state index is 12.4. The fraction of sp³-hybridized carbons (Fsp3) is 0.200. The number of pyridine rings is 2. The molecule has 0 amide bonds. The van der Waals surface area contributed by atoms with Gasteiger partial charge in [-0.2, -0.15) is 0 Å². The maximum atomic E-state index is 12.4. The van der Waals surface area contributed by atoms with E-state index in [0.717, 1.165) is 22.0 Å². The van der Waals surface area contributed by atoms with Crippen LogP contribution in [0.3, 0.4) is 0 Å². The number of nitrogens with zero attached hydrogens (tertiary/aromatic N) is 1. The third-order valence-corrected chi connectivity index (χ3v) is 3.64. The molecule has 0 unspecified atom stereocenters. The van der Waals surface area contributed by atoms with Gasteiger partial charge in [0.05, 0.1) is 10.9 Å². The van der Waals surface area contributed by atoms with Crippen molar-refractivity contribution >= 4 is 21.7 Å². The molecular formula is C15H14N2O2. The number of aromatic nitrogens is 2. The van der Waals surface area contributed by atoms with E-state index in [1.54, 1.807) is 24.6 Å². The van der Waals surface area contributed by atoms with Crippen LogP contribution in [0.4, 0.5) is 0 Å². The van der Waals surface area contributed by atoms with Crippen LogP contribution in [0.15, 0.2) is 34.0 Å². The van der Waals surface area contributed by atoms with Gasteiger partial charge in [-0.05, 0) is 43.0 Å². The van der Waals surface area contributed by atoms with Crippen molar-refractivity contribution in [2.24, 2.45) is 7.05 Å². The first-order valence-electron chi connectivity index (χ1n) is 6.12. The number of H-pyrrole nitrogens is 1. The second kappa shape index (κ2) is 3.82. The van der Waals surface area contributed by atoms with E-state index in [1.165, 1.54) is 6.07 Å². The topological polar surface area (TPSA) is 54.9 Å². The lowest BCUT2D eigenvalue weighted by Gasteiger charge is -2.11. The molecule has 2 heterocycles. The van der Waals surface area contributed by atoms with E-state index >= 15 is 0 Å². The number of aryl methyl sites for hydroxylation is 3. The number of benzene rings is 1. The number of nitrogens with one attached hydrogen (secondary N) is 1. The normalized spacial score (nSPS) is 11.3. The highest BCUT2D eigenvalue weighted by Gasteiger charge is 2.11. The summed E-state index contributed by atoms with van der Waals surface area (Å²) in [6.45, 7) is 3.70. The summed E-state index contributed by atoms with van der Waals surface area (Å²) in [5.74, 6) is 0. The van der Waals surface area contributed by atoms with Crippen molar-refractivity contribution in [2.75, 3.05) is 0 Å². The molecule has 0 aliphatic heterocycles. The molecule has 19 heavy (non-hydrogen) atoms. The van der Waals surface area contributed by atoms with Crippen molar-refractivity contribution in [3.8, 4) is 0 Å². The Hall–Kier alpha value is -2.36. The van der Waals surface area contributed by atoms with Crippen molar-refractivity contribution in [1.29, 1.82) is 0 Å². The molecule has 4 heteroatoms. The number of hydrogen-bond donors (Lipinski definition) is 1. The lowest BCUT2D eigenvalue weighted by Crippen LogP contribution is -2.20. The van der Waals surface area contributed by atoms with E-state index in [2.05, 4.69) is 4.98 Å². The summed E-state index contributed by atoms with van der Waals surface area (Å²) in [7, 11) is 1.73. The van der Waals surface area contributed by atoms with E-state index in [1.807, 2.05) is 19.2 Å². The molecule has 0 radical (unpaired) electrons. The Morgan fingerprint density at radius 1 is 1.05 bits per heavy atom. The van der Waals surface area contributed by atoms with Crippen molar-refractivity contribution in [2.45, 2.75) is 13.8 Å². The van der Waals surface area contributed by atoms with Gasteiger partial charge in [0.1, 0.15) is 0 Å². The Balaban J connectivity index is 2.76. The molecule has 1 N–H and O–H groups in total. The molecule has 0 atom stereocenters. The molecule has 0 aliphatic carbocycles. The molecule has 4 nitrogen and oxygen atoms in total. The highest BCUT2D eigenvalue weighted by molar-refractivity contribution is 6.06. The quantitative estimate of drug-likeness (QED) is 0.624. The summed E-state index contributed by atoms with van der Waals surface area (Å²) in [5.41, 5.74) is 2.24. The van der Waals surface area contributed by atoms with Gasteiger partial charge < -0.3 is 9.55 Å². The van der Waals surface area contributed by atoms with Gasteiger partial charge in [0.2, 0.25) is 0 Å². The summed E-state index contributed by atoms with van der Waals surface area (Å²) >= 11 is 0. The van der Waals surface area contributed by atoms with Crippen molar-refractivity contribution in [1.82, 2.24) is 9.55 Å². The van der Waals surface area contributed by atoms with E-state index in [-0.39, 0.29) is 11.0 Å². The third kappa shape index (κ3) is 1.53. The van der Waals surface area contributed by atoms with Crippen molar-refractivity contribution in [3.05, 3.63) is 56.2 Å². The molecule has 0 fully saturated rings. The van der Waals surface area contributed by atoms with E-state index < -0.39 is 0 Å². The van der Waals surface area contributed by atoms with Crippen LogP contribution in [0.5, 0.6) is 0 Å². The predicted octanol–water partition coefficient (Wildman–Crippen LogP) is 2.00. The zero-order chi connectivity index (χ0) is 13.7. The number of rotatable bonds is 0. The smallest absolute Gasteiger partial charge is 0.258 e. The molecule has 0 aliphatic rings. The molecule has 0 saturated heterocycles. The van der Waals surface area contributed by atoms with E-state index in [9.17, 15) is 9.59 Å². The third-order valence-electron chi connectivity index (χ3n) is 3.64. The minimum Gasteiger partial charge on any atom is -0.364 e. The van der Waals surface area contributed by atoms with Crippen molar-refractivity contribution < 1.29 is 0 Å².